The lowest BCUT2D eigenvalue weighted by atomic mass is 10.1. The minimum atomic E-state index is -4.87. The van der Waals surface area contributed by atoms with Crippen molar-refractivity contribution in [2.24, 2.45) is 0 Å². The number of nitrogens with zero attached hydrogens (tertiary/aromatic N) is 2. The molecule has 0 aliphatic carbocycles. The van der Waals surface area contributed by atoms with E-state index in [0.29, 0.717) is 11.5 Å². The van der Waals surface area contributed by atoms with Crippen LogP contribution in [0.15, 0.2) is 41.6 Å². The molecule has 3 N–H and O–H groups in total. The van der Waals surface area contributed by atoms with Crippen LogP contribution < -0.4 is 15.8 Å². The highest BCUT2D eigenvalue weighted by Gasteiger charge is 2.31. The summed E-state index contributed by atoms with van der Waals surface area (Å²) in [5.74, 6) is -0.158. The number of carbonyl (C=O) groups is 1. The van der Waals surface area contributed by atoms with Crippen LogP contribution in [-0.2, 0) is 0 Å². The number of pyridine rings is 1. The lowest BCUT2D eigenvalue weighted by molar-refractivity contribution is -0.274. The van der Waals surface area contributed by atoms with Crippen LogP contribution in [0.5, 0.6) is 5.75 Å². The van der Waals surface area contributed by atoms with Crippen LogP contribution in [0.2, 0.25) is 0 Å². The fraction of sp³-hybridized carbons (Fsp3) is 0.222. The first-order chi connectivity index (χ1) is 13.2. The highest BCUT2D eigenvalue weighted by Crippen LogP contribution is 2.30. The highest BCUT2D eigenvalue weighted by molar-refractivity contribution is 7.99. The van der Waals surface area contributed by atoms with Gasteiger partial charge in [0, 0.05) is 11.9 Å². The van der Waals surface area contributed by atoms with E-state index in [1.54, 1.807) is 0 Å². The molecule has 0 radical (unpaired) electrons. The maximum absolute atomic E-state index is 12.7. The maximum Gasteiger partial charge on any atom is 0.573 e. The smallest absolute Gasteiger partial charge is 0.406 e. The number of aryl methyl sites for hydroxylation is 1. The van der Waals surface area contributed by atoms with Crippen LogP contribution in [0.25, 0.3) is 5.65 Å². The lowest BCUT2D eigenvalue weighted by Crippen LogP contribution is -2.19. The molecule has 3 rings (SSSR count). The number of nitrogens with two attached hydrogens (primary N) is 1. The fourth-order valence-corrected chi connectivity index (χ4v) is 3.38. The predicted octanol–water partition coefficient (Wildman–Crippen LogP) is 4.49. The number of imidazole rings is 1. The minimum Gasteiger partial charge on any atom is -0.406 e. The normalized spacial score (nSPS) is 11.6. The summed E-state index contributed by atoms with van der Waals surface area (Å²) < 4.78 is 43.0. The van der Waals surface area contributed by atoms with Crippen molar-refractivity contribution in [1.82, 2.24) is 9.38 Å². The van der Waals surface area contributed by atoms with Gasteiger partial charge < -0.3 is 15.8 Å². The van der Waals surface area contributed by atoms with Gasteiger partial charge in [0.2, 0.25) is 0 Å². The number of benzene rings is 1. The maximum atomic E-state index is 12.7. The molecule has 2 heterocycles. The number of anilines is 2. The third kappa shape index (κ3) is 4.33. The van der Waals surface area contributed by atoms with Crippen molar-refractivity contribution in [1.29, 1.82) is 0 Å². The van der Waals surface area contributed by atoms with Crippen molar-refractivity contribution < 1.29 is 22.7 Å². The summed E-state index contributed by atoms with van der Waals surface area (Å²) in [4.78, 5) is 17.1. The number of halogens is 3. The standard InChI is InChI=1S/C18H17F3N4O2S/c1-3-28-17-15(23-14-7-4-10(2)9-25(14)17)24-16(26)12-8-11(5-6-13(12)22)27-18(19,20)21/h4-9H,3,22H2,1-2H3,(H,24,26). The van der Waals surface area contributed by atoms with Gasteiger partial charge >= 0.3 is 6.36 Å². The number of nitrogens with one attached hydrogen (secondary N) is 1. The SMILES string of the molecule is CCSc1c(NC(=O)c2cc(OC(F)(F)F)ccc2N)nc2ccc(C)cn12. The van der Waals surface area contributed by atoms with Crippen LogP contribution in [0.4, 0.5) is 24.7 Å². The van der Waals surface area contributed by atoms with Crippen LogP contribution in [-0.4, -0.2) is 27.4 Å². The largest absolute Gasteiger partial charge is 0.573 e. The molecule has 1 amide bonds. The summed E-state index contributed by atoms with van der Waals surface area (Å²) >= 11 is 1.48. The number of rotatable bonds is 5. The summed E-state index contributed by atoms with van der Waals surface area (Å²) in [6.07, 6.45) is -2.98. The molecule has 3 aromatic rings. The van der Waals surface area contributed by atoms with Crippen LogP contribution in [0, 0.1) is 6.92 Å². The van der Waals surface area contributed by atoms with E-state index in [9.17, 15) is 18.0 Å². The van der Waals surface area contributed by atoms with E-state index >= 15 is 0 Å². The van der Waals surface area contributed by atoms with Gasteiger partial charge in [-0.15, -0.1) is 24.9 Å². The van der Waals surface area contributed by atoms with Gasteiger partial charge in [0.05, 0.1) is 5.56 Å². The Kier molecular flexibility index (Phi) is 5.41. The zero-order valence-corrected chi connectivity index (χ0v) is 15.8. The molecule has 0 bridgehead atoms. The zero-order chi connectivity index (χ0) is 20.5. The summed E-state index contributed by atoms with van der Waals surface area (Å²) in [5, 5.41) is 3.36. The lowest BCUT2D eigenvalue weighted by Gasteiger charge is -2.12. The van der Waals surface area contributed by atoms with Gasteiger partial charge in [-0.2, -0.15) is 0 Å². The summed E-state index contributed by atoms with van der Waals surface area (Å²) in [7, 11) is 0. The third-order valence-electron chi connectivity index (χ3n) is 3.74. The summed E-state index contributed by atoms with van der Waals surface area (Å²) in [6, 6.07) is 6.89. The quantitative estimate of drug-likeness (QED) is 0.479. The number of thioether (sulfide) groups is 1. The second-order valence-electron chi connectivity index (χ2n) is 5.88. The van der Waals surface area contributed by atoms with E-state index in [1.165, 1.54) is 17.8 Å². The van der Waals surface area contributed by atoms with Crippen molar-refractivity contribution in [2.75, 3.05) is 16.8 Å². The molecule has 0 spiro atoms. The molecule has 0 unspecified atom stereocenters. The Morgan fingerprint density at radius 2 is 2.07 bits per heavy atom. The van der Waals surface area contributed by atoms with Gasteiger partial charge in [0.25, 0.3) is 5.91 Å². The molecule has 0 saturated heterocycles. The third-order valence-corrected chi connectivity index (χ3v) is 4.69. The number of carbonyl (C=O) groups excluding carboxylic acids is 1. The molecule has 0 aliphatic heterocycles. The first-order valence-corrected chi connectivity index (χ1v) is 9.24. The van der Waals surface area contributed by atoms with Gasteiger partial charge in [-0.05, 0) is 42.5 Å². The Hall–Kier alpha value is -2.88. The van der Waals surface area contributed by atoms with Crippen LogP contribution in [0.3, 0.4) is 0 Å². The number of hydrogen-bond acceptors (Lipinski definition) is 5. The molecule has 28 heavy (non-hydrogen) atoms. The average Bonchev–Trinajstić information content (AvgIpc) is 2.92. The van der Waals surface area contributed by atoms with Crippen LogP contribution >= 0.6 is 11.8 Å². The first kappa shape index (κ1) is 19.9. The van der Waals surface area contributed by atoms with Gasteiger partial charge in [0.1, 0.15) is 16.4 Å². The monoisotopic (exact) mass is 410 g/mol. The second-order valence-corrected chi connectivity index (χ2v) is 7.14. The molecule has 0 aliphatic rings. The topological polar surface area (TPSA) is 81.6 Å². The first-order valence-electron chi connectivity index (χ1n) is 8.26. The van der Waals surface area contributed by atoms with E-state index in [1.807, 2.05) is 36.6 Å². The molecule has 2 aromatic heterocycles. The van der Waals surface area contributed by atoms with Crippen LogP contribution in [0.1, 0.15) is 22.8 Å². The average molecular weight is 410 g/mol. The molecule has 0 saturated carbocycles. The van der Waals surface area contributed by atoms with Crippen molar-refractivity contribution in [3.05, 3.63) is 47.7 Å². The summed E-state index contributed by atoms with van der Waals surface area (Å²) in [5.41, 5.74) is 7.31. The molecule has 10 heteroatoms. The Labute approximate surface area is 162 Å². The zero-order valence-electron chi connectivity index (χ0n) is 15.0. The van der Waals surface area contributed by atoms with E-state index < -0.39 is 18.0 Å². The van der Waals surface area contributed by atoms with E-state index in [2.05, 4.69) is 15.0 Å². The number of amides is 1. The molecule has 148 valence electrons. The van der Waals surface area contributed by atoms with Crippen molar-refractivity contribution in [3.8, 4) is 5.75 Å². The second kappa shape index (κ2) is 7.63. The molecule has 6 nitrogen and oxygen atoms in total. The van der Waals surface area contributed by atoms with E-state index in [4.69, 9.17) is 5.73 Å². The highest BCUT2D eigenvalue weighted by atomic mass is 32.2. The van der Waals surface area contributed by atoms with Crippen molar-refractivity contribution >= 4 is 34.8 Å². The van der Waals surface area contributed by atoms with E-state index in [-0.39, 0.29) is 11.3 Å². The summed E-state index contributed by atoms with van der Waals surface area (Å²) in [6.45, 7) is 3.90. The van der Waals surface area contributed by atoms with Gasteiger partial charge in [-0.25, -0.2) is 4.98 Å². The van der Waals surface area contributed by atoms with Gasteiger partial charge in [0.15, 0.2) is 5.82 Å². The molecule has 0 atom stereocenters. The number of aromatic nitrogens is 2. The van der Waals surface area contributed by atoms with Crippen molar-refractivity contribution in [3.63, 3.8) is 0 Å². The Balaban J connectivity index is 1.95. The molecule has 1 aromatic carbocycles. The minimum absolute atomic E-state index is 0.0244. The Morgan fingerprint density at radius 3 is 2.75 bits per heavy atom. The fourth-order valence-electron chi connectivity index (χ4n) is 2.59. The number of fused-ring (bicyclic) bond motifs is 1. The number of nitrogen functional groups attached to an aromatic ring is 1. The van der Waals surface area contributed by atoms with Gasteiger partial charge in [-0.1, -0.05) is 13.0 Å². The predicted molar refractivity (Wildman–Crippen MR) is 102 cm³/mol. The Bertz CT molecular complexity index is 1030. The number of hydrogen-bond donors (Lipinski definition) is 2. The number of alkyl halides is 3. The number of ether oxygens (including phenoxy) is 1. The molecular formula is C18H17F3N4O2S. The van der Waals surface area contributed by atoms with Gasteiger partial charge in [-0.3, -0.25) is 9.20 Å². The molecular weight excluding hydrogens is 393 g/mol. The molecule has 0 fully saturated rings. The Morgan fingerprint density at radius 1 is 1.32 bits per heavy atom. The van der Waals surface area contributed by atoms with E-state index in [0.717, 1.165) is 28.5 Å². The van der Waals surface area contributed by atoms with Crippen molar-refractivity contribution in [2.45, 2.75) is 25.2 Å².